The third kappa shape index (κ3) is 3.64. The summed E-state index contributed by atoms with van der Waals surface area (Å²) in [5.74, 6) is 0.540. The summed E-state index contributed by atoms with van der Waals surface area (Å²) < 4.78 is 17.0. The third-order valence-electron chi connectivity index (χ3n) is 2.06. The van der Waals surface area contributed by atoms with Crippen molar-refractivity contribution in [1.29, 1.82) is 0 Å². The zero-order chi connectivity index (χ0) is 11.3. The van der Waals surface area contributed by atoms with E-state index in [0.717, 1.165) is 10.5 Å². The van der Waals surface area contributed by atoms with Gasteiger partial charge >= 0.3 is 0 Å². The Bertz CT molecular complexity index is 352. The van der Waals surface area contributed by atoms with Gasteiger partial charge in [-0.1, -0.05) is 0 Å². The van der Waals surface area contributed by atoms with Crippen molar-refractivity contribution >= 4 is 16.5 Å². The van der Waals surface area contributed by atoms with Gasteiger partial charge in [0.05, 0.1) is 23.2 Å². The van der Waals surface area contributed by atoms with Gasteiger partial charge in [0.15, 0.2) is 0 Å². The summed E-state index contributed by atoms with van der Waals surface area (Å²) in [6.45, 7) is 5.05. The van der Waals surface area contributed by atoms with Crippen molar-refractivity contribution in [3.05, 3.63) is 23.8 Å². The molecule has 0 aromatic heterocycles. The molecular formula is C11H17NO2S. The number of hydrogen-bond acceptors (Lipinski definition) is 3. The number of nitrogens with two attached hydrogens (primary N) is 1. The number of rotatable bonds is 5. The Morgan fingerprint density at radius 2 is 2.20 bits per heavy atom. The van der Waals surface area contributed by atoms with Crippen LogP contribution < -0.4 is 5.73 Å². The lowest BCUT2D eigenvalue weighted by molar-refractivity contribution is 0.164. The molecule has 1 aromatic carbocycles. The summed E-state index contributed by atoms with van der Waals surface area (Å²) in [6, 6.07) is 5.45. The van der Waals surface area contributed by atoms with Crippen molar-refractivity contribution in [3.63, 3.8) is 0 Å². The van der Waals surface area contributed by atoms with E-state index in [9.17, 15) is 4.21 Å². The smallest absolute Gasteiger partial charge is 0.0585 e. The van der Waals surface area contributed by atoms with E-state index >= 15 is 0 Å². The maximum absolute atomic E-state index is 11.8. The Hall–Kier alpha value is -0.870. The normalized spacial score (nSPS) is 12.7. The lowest BCUT2D eigenvalue weighted by Crippen LogP contribution is -2.07. The molecule has 2 N–H and O–H groups in total. The van der Waals surface area contributed by atoms with E-state index in [4.69, 9.17) is 10.5 Å². The molecule has 0 heterocycles. The van der Waals surface area contributed by atoms with Gasteiger partial charge < -0.3 is 10.5 Å². The van der Waals surface area contributed by atoms with Gasteiger partial charge in [-0.25, -0.2) is 0 Å². The fourth-order valence-electron chi connectivity index (χ4n) is 1.32. The molecule has 0 bridgehead atoms. The fourth-order valence-corrected chi connectivity index (χ4v) is 2.44. The molecule has 15 heavy (non-hydrogen) atoms. The van der Waals surface area contributed by atoms with Crippen LogP contribution in [0.5, 0.6) is 0 Å². The molecule has 4 heteroatoms. The highest BCUT2D eigenvalue weighted by Crippen LogP contribution is 2.16. The maximum Gasteiger partial charge on any atom is 0.0585 e. The van der Waals surface area contributed by atoms with Crippen LogP contribution >= 0.6 is 0 Å². The first-order valence-electron chi connectivity index (χ1n) is 4.97. The quantitative estimate of drug-likeness (QED) is 0.615. The summed E-state index contributed by atoms with van der Waals surface area (Å²) in [5.41, 5.74) is 7.31. The molecule has 0 aliphatic rings. The van der Waals surface area contributed by atoms with Crippen LogP contribution in [0.3, 0.4) is 0 Å². The van der Waals surface area contributed by atoms with E-state index in [-0.39, 0.29) is 0 Å². The number of benzene rings is 1. The summed E-state index contributed by atoms with van der Waals surface area (Å²) in [4.78, 5) is 0.851. The van der Waals surface area contributed by atoms with E-state index in [0.29, 0.717) is 24.7 Å². The first-order chi connectivity index (χ1) is 7.15. The largest absolute Gasteiger partial charge is 0.399 e. The average molecular weight is 227 g/mol. The van der Waals surface area contributed by atoms with E-state index < -0.39 is 10.8 Å². The monoisotopic (exact) mass is 227 g/mol. The zero-order valence-corrected chi connectivity index (χ0v) is 9.97. The van der Waals surface area contributed by atoms with Gasteiger partial charge in [0.1, 0.15) is 0 Å². The molecular weight excluding hydrogens is 210 g/mol. The summed E-state index contributed by atoms with van der Waals surface area (Å²) >= 11 is 0. The molecule has 0 aliphatic carbocycles. The Morgan fingerprint density at radius 3 is 2.80 bits per heavy atom. The first-order valence-corrected chi connectivity index (χ1v) is 6.29. The molecule has 0 aliphatic heterocycles. The Morgan fingerprint density at radius 1 is 1.47 bits per heavy atom. The molecule has 0 fully saturated rings. The van der Waals surface area contributed by atoms with Crippen LogP contribution in [0.1, 0.15) is 12.5 Å². The van der Waals surface area contributed by atoms with Crippen LogP contribution in [0.25, 0.3) is 0 Å². The van der Waals surface area contributed by atoms with Crippen molar-refractivity contribution in [2.24, 2.45) is 0 Å². The molecule has 0 saturated carbocycles. The van der Waals surface area contributed by atoms with Gasteiger partial charge in [0.2, 0.25) is 0 Å². The summed E-state index contributed by atoms with van der Waals surface area (Å²) in [7, 11) is -0.985. The second-order valence-corrected chi connectivity index (χ2v) is 4.81. The predicted molar refractivity (Wildman–Crippen MR) is 63.4 cm³/mol. The standard InChI is InChI=1S/C11H17NO2S/c1-3-14-6-7-15(13)11-5-4-10(12)8-9(11)2/h4-5,8H,3,6-7,12H2,1-2H3. The highest BCUT2D eigenvalue weighted by atomic mass is 32.2. The minimum atomic E-state index is -0.985. The molecule has 3 nitrogen and oxygen atoms in total. The second kappa shape index (κ2) is 5.88. The summed E-state index contributed by atoms with van der Waals surface area (Å²) in [5, 5.41) is 0. The van der Waals surface area contributed by atoms with Crippen molar-refractivity contribution in [2.75, 3.05) is 24.7 Å². The second-order valence-electron chi connectivity index (χ2n) is 3.27. The van der Waals surface area contributed by atoms with Crippen LogP contribution in [0.4, 0.5) is 5.69 Å². The van der Waals surface area contributed by atoms with Gasteiger partial charge in [-0.05, 0) is 37.6 Å². The number of hydrogen-bond donors (Lipinski definition) is 1. The van der Waals surface area contributed by atoms with Crippen molar-refractivity contribution < 1.29 is 8.95 Å². The van der Waals surface area contributed by atoms with Gasteiger partial charge in [0, 0.05) is 17.2 Å². The number of ether oxygens (including phenoxy) is 1. The highest BCUT2D eigenvalue weighted by Gasteiger charge is 2.06. The van der Waals surface area contributed by atoms with Crippen molar-refractivity contribution in [2.45, 2.75) is 18.7 Å². The van der Waals surface area contributed by atoms with Crippen molar-refractivity contribution in [3.8, 4) is 0 Å². The van der Waals surface area contributed by atoms with Crippen LogP contribution in [-0.2, 0) is 15.5 Å². The molecule has 1 aromatic rings. The zero-order valence-electron chi connectivity index (χ0n) is 9.16. The van der Waals surface area contributed by atoms with E-state index in [2.05, 4.69) is 0 Å². The molecule has 84 valence electrons. The van der Waals surface area contributed by atoms with Crippen LogP contribution in [0, 0.1) is 6.92 Å². The van der Waals surface area contributed by atoms with Gasteiger partial charge in [-0.3, -0.25) is 4.21 Å². The lowest BCUT2D eigenvalue weighted by atomic mass is 10.2. The van der Waals surface area contributed by atoms with E-state index in [1.54, 1.807) is 6.07 Å². The molecule has 0 spiro atoms. The molecule has 1 rings (SSSR count). The third-order valence-corrected chi connectivity index (χ3v) is 3.55. The minimum absolute atomic E-state index is 0.535. The number of anilines is 1. The van der Waals surface area contributed by atoms with Crippen LogP contribution in [-0.4, -0.2) is 23.2 Å². The van der Waals surface area contributed by atoms with E-state index in [1.165, 1.54) is 0 Å². The first kappa shape index (κ1) is 12.2. The van der Waals surface area contributed by atoms with Crippen molar-refractivity contribution in [1.82, 2.24) is 0 Å². The molecule has 0 saturated heterocycles. The SMILES string of the molecule is CCOCCS(=O)c1ccc(N)cc1C. The van der Waals surface area contributed by atoms with Gasteiger partial charge in [-0.2, -0.15) is 0 Å². The molecule has 0 radical (unpaired) electrons. The van der Waals surface area contributed by atoms with Crippen LogP contribution in [0.15, 0.2) is 23.1 Å². The molecule has 1 unspecified atom stereocenters. The summed E-state index contributed by atoms with van der Waals surface area (Å²) in [6.07, 6.45) is 0. The fraction of sp³-hybridized carbons (Fsp3) is 0.455. The predicted octanol–water partition coefficient (Wildman–Crippen LogP) is 1.72. The van der Waals surface area contributed by atoms with Gasteiger partial charge in [0.25, 0.3) is 0 Å². The number of nitrogen functional groups attached to an aromatic ring is 1. The molecule has 0 amide bonds. The Labute approximate surface area is 93.1 Å². The van der Waals surface area contributed by atoms with Gasteiger partial charge in [-0.15, -0.1) is 0 Å². The maximum atomic E-state index is 11.8. The number of aryl methyl sites for hydroxylation is 1. The molecule has 1 atom stereocenters. The lowest BCUT2D eigenvalue weighted by Gasteiger charge is -2.06. The Kier molecular flexibility index (Phi) is 4.78. The van der Waals surface area contributed by atoms with E-state index in [1.807, 2.05) is 26.0 Å². The highest BCUT2D eigenvalue weighted by molar-refractivity contribution is 7.85. The topological polar surface area (TPSA) is 52.3 Å². The average Bonchev–Trinajstić information content (AvgIpc) is 2.17. The minimum Gasteiger partial charge on any atom is -0.399 e. The Balaban J connectivity index is 2.65. The van der Waals surface area contributed by atoms with Crippen LogP contribution in [0.2, 0.25) is 0 Å².